The lowest BCUT2D eigenvalue weighted by molar-refractivity contribution is -0.134. The van der Waals surface area contributed by atoms with Gasteiger partial charge in [-0.1, -0.05) is 42.5 Å². The van der Waals surface area contributed by atoms with E-state index in [1.54, 1.807) is 25.3 Å². The number of rotatable bonds is 3. The molecule has 0 spiro atoms. The number of ether oxygens (including phenoxy) is 2. The van der Waals surface area contributed by atoms with E-state index in [9.17, 15) is 9.90 Å². The summed E-state index contributed by atoms with van der Waals surface area (Å²) in [6, 6.07) is 16.4. The van der Waals surface area contributed by atoms with E-state index in [0.717, 1.165) is 11.3 Å². The topological polar surface area (TPSA) is 55.8 Å². The Bertz CT molecular complexity index is 771. The number of hydrogen-bond donors (Lipinski definition) is 1. The van der Waals surface area contributed by atoms with E-state index in [1.807, 2.05) is 42.5 Å². The minimum atomic E-state index is -0.432. The Morgan fingerprint density at radius 3 is 2.48 bits per heavy atom. The summed E-state index contributed by atoms with van der Waals surface area (Å²) in [6.07, 6.45) is 1.71. The van der Waals surface area contributed by atoms with Gasteiger partial charge in [-0.05, 0) is 23.8 Å². The quantitative estimate of drug-likeness (QED) is 0.535. The highest BCUT2D eigenvalue weighted by Crippen LogP contribution is 2.29. The van der Waals surface area contributed by atoms with Crippen molar-refractivity contribution in [2.45, 2.75) is 0 Å². The van der Waals surface area contributed by atoms with Gasteiger partial charge in [0.2, 0.25) is 0 Å². The number of carbonyl (C=O) groups excluding carboxylic acids is 1. The van der Waals surface area contributed by atoms with Crippen LogP contribution < -0.4 is 4.74 Å². The van der Waals surface area contributed by atoms with Gasteiger partial charge >= 0.3 is 5.97 Å². The van der Waals surface area contributed by atoms with Crippen LogP contribution in [-0.2, 0) is 9.53 Å². The molecule has 116 valence electrons. The molecule has 0 atom stereocenters. The third-order valence-electron chi connectivity index (χ3n) is 3.65. The highest BCUT2D eigenvalue weighted by molar-refractivity contribution is 6.03. The predicted octanol–water partition coefficient (Wildman–Crippen LogP) is 3.60. The molecule has 2 aromatic rings. The van der Waals surface area contributed by atoms with Gasteiger partial charge in [-0.2, -0.15) is 0 Å². The molecule has 2 aromatic carbocycles. The highest BCUT2D eigenvalue weighted by atomic mass is 16.5. The summed E-state index contributed by atoms with van der Waals surface area (Å²) < 4.78 is 10.2. The summed E-state index contributed by atoms with van der Waals surface area (Å²) in [7, 11) is 1.60. The van der Waals surface area contributed by atoms with E-state index in [4.69, 9.17) is 9.47 Å². The van der Waals surface area contributed by atoms with Gasteiger partial charge in [-0.25, -0.2) is 4.79 Å². The number of methoxy groups -OCH3 is 1. The fourth-order valence-electron chi connectivity index (χ4n) is 2.40. The average molecular weight is 308 g/mol. The number of cyclic esters (lactones) is 1. The maximum Gasteiger partial charge on any atom is 0.339 e. The molecule has 0 unspecified atom stereocenters. The minimum Gasteiger partial charge on any atom is -0.507 e. The first-order chi connectivity index (χ1) is 11.2. The first-order valence-corrected chi connectivity index (χ1v) is 7.20. The fourth-order valence-corrected chi connectivity index (χ4v) is 2.40. The van der Waals surface area contributed by atoms with Gasteiger partial charge in [0.1, 0.15) is 18.1 Å². The summed E-state index contributed by atoms with van der Waals surface area (Å²) >= 11 is 0. The summed E-state index contributed by atoms with van der Waals surface area (Å²) in [5, 5.41) is 10.5. The van der Waals surface area contributed by atoms with E-state index in [-0.39, 0.29) is 12.4 Å². The van der Waals surface area contributed by atoms with Crippen molar-refractivity contribution in [1.29, 1.82) is 0 Å². The molecule has 1 heterocycles. The summed E-state index contributed by atoms with van der Waals surface area (Å²) in [4.78, 5) is 12.0. The number of carbonyl (C=O) groups is 1. The Morgan fingerprint density at radius 1 is 1.13 bits per heavy atom. The molecule has 1 N–H and O–H groups in total. The van der Waals surface area contributed by atoms with Gasteiger partial charge in [0.05, 0.1) is 12.7 Å². The van der Waals surface area contributed by atoms with E-state index in [2.05, 4.69) is 0 Å². The average Bonchev–Trinajstić information content (AvgIpc) is 2.96. The molecule has 4 heteroatoms. The van der Waals surface area contributed by atoms with Crippen LogP contribution in [0.15, 0.2) is 65.7 Å². The normalized spacial score (nSPS) is 18.0. The Hall–Kier alpha value is -3.01. The van der Waals surface area contributed by atoms with Gasteiger partial charge in [-0.3, -0.25) is 0 Å². The van der Waals surface area contributed by atoms with Crippen molar-refractivity contribution in [3.05, 3.63) is 76.9 Å². The first kappa shape index (κ1) is 14.9. The summed E-state index contributed by atoms with van der Waals surface area (Å²) in [5.74, 6) is 0.374. The molecule has 0 bridgehead atoms. The lowest BCUT2D eigenvalue weighted by atomic mass is 10.0. The van der Waals surface area contributed by atoms with Crippen LogP contribution in [0.5, 0.6) is 5.75 Å². The lowest BCUT2D eigenvalue weighted by Crippen LogP contribution is -1.97. The Balaban J connectivity index is 2.01. The number of aliphatic hydroxyl groups excluding tert-OH is 1. The maximum absolute atomic E-state index is 12.0. The van der Waals surface area contributed by atoms with Crippen LogP contribution in [0.4, 0.5) is 0 Å². The zero-order valence-corrected chi connectivity index (χ0v) is 12.7. The smallest absolute Gasteiger partial charge is 0.339 e. The molecular weight excluding hydrogens is 292 g/mol. The molecule has 0 radical (unpaired) electrons. The zero-order valence-electron chi connectivity index (χ0n) is 12.7. The highest BCUT2D eigenvalue weighted by Gasteiger charge is 2.28. The second kappa shape index (κ2) is 6.40. The SMILES string of the molecule is COc1ccc(/C=C2\C(=O)OC\C2=C(\O)c2ccccc2)cc1. The summed E-state index contributed by atoms with van der Waals surface area (Å²) in [5.41, 5.74) is 2.35. The molecule has 1 aliphatic heterocycles. The van der Waals surface area contributed by atoms with Crippen LogP contribution in [-0.4, -0.2) is 24.8 Å². The minimum absolute atomic E-state index is 0.0659. The molecular formula is C19H16O4. The number of aliphatic hydroxyl groups is 1. The fraction of sp³-hybridized carbons (Fsp3) is 0.105. The van der Waals surface area contributed by atoms with Crippen molar-refractivity contribution in [3.8, 4) is 5.75 Å². The number of esters is 1. The van der Waals surface area contributed by atoms with Crippen LogP contribution in [0, 0.1) is 0 Å². The van der Waals surface area contributed by atoms with Crippen molar-refractivity contribution in [2.24, 2.45) is 0 Å². The molecule has 1 fully saturated rings. The molecule has 23 heavy (non-hydrogen) atoms. The Kier molecular flexibility index (Phi) is 4.15. The monoisotopic (exact) mass is 308 g/mol. The second-order valence-corrected chi connectivity index (χ2v) is 5.10. The Labute approximate surface area is 134 Å². The van der Waals surface area contributed by atoms with E-state index in [1.165, 1.54) is 0 Å². The molecule has 0 aromatic heterocycles. The standard InChI is InChI=1S/C19H16O4/c1-22-15-9-7-13(8-10-15)11-16-17(12-23-19(16)21)18(20)14-5-3-2-4-6-14/h2-11,20H,12H2,1H3/b16-11-,18-17-. The van der Waals surface area contributed by atoms with E-state index >= 15 is 0 Å². The van der Waals surface area contributed by atoms with Crippen molar-refractivity contribution < 1.29 is 19.4 Å². The van der Waals surface area contributed by atoms with Crippen molar-refractivity contribution in [2.75, 3.05) is 13.7 Å². The third-order valence-corrected chi connectivity index (χ3v) is 3.65. The van der Waals surface area contributed by atoms with Crippen molar-refractivity contribution >= 4 is 17.8 Å². The van der Waals surface area contributed by atoms with Crippen molar-refractivity contribution in [1.82, 2.24) is 0 Å². The zero-order chi connectivity index (χ0) is 16.2. The third kappa shape index (κ3) is 3.11. The molecule has 1 aliphatic rings. The molecule has 0 amide bonds. The van der Waals surface area contributed by atoms with Crippen LogP contribution >= 0.6 is 0 Å². The number of benzene rings is 2. The molecule has 0 aliphatic carbocycles. The van der Waals surface area contributed by atoms with Gasteiger partial charge in [0, 0.05) is 11.1 Å². The largest absolute Gasteiger partial charge is 0.507 e. The van der Waals surface area contributed by atoms with E-state index in [0.29, 0.717) is 16.7 Å². The predicted molar refractivity (Wildman–Crippen MR) is 87.9 cm³/mol. The molecule has 0 saturated carbocycles. The van der Waals surface area contributed by atoms with Gasteiger partial charge in [0.25, 0.3) is 0 Å². The van der Waals surface area contributed by atoms with Crippen LogP contribution in [0.2, 0.25) is 0 Å². The molecule has 4 nitrogen and oxygen atoms in total. The Morgan fingerprint density at radius 2 is 1.83 bits per heavy atom. The van der Waals surface area contributed by atoms with Crippen LogP contribution in [0.3, 0.4) is 0 Å². The van der Waals surface area contributed by atoms with Crippen molar-refractivity contribution in [3.63, 3.8) is 0 Å². The van der Waals surface area contributed by atoms with E-state index < -0.39 is 5.97 Å². The van der Waals surface area contributed by atoms with Gasteiger partial charge < -0.3 is 14.6 Å². The molecule has 3 rings (SSSR count). The van der Waals surface area contributed by atoms with Crippen LogP contribution in [0.25, 0.3) is 11.8 Å². The van der Waals surface area contributed by atoms with Crippen LogP contribution in [0.1, 0.15) is 11.1 Å². The molecule has 1 saturated heterocycles. The van der Waals surface area contributed by atoms with Gasteiger partial charge in [-0.15, -0.1) is 0 Å². The number of hydrogen-bond acceptors (Lipinski definition) is 4. The lowest BCUT2D eigenvalue weighted by Gasteiger charge is -2.04. The first-order valence-electron chi connectivity index (χ1n) is 7.20. The second-order valence-electron chi connectivity index (χ2n) is 5.10. The maximum atomic E-state index is 12.0. The summed E-state index contributed by atoms with van der Waals surface area (Å²) in [6.45, 7) is 0.0710. The van der Waals surface area contributed by atoms with Gasteiger partial charge in [0.15, 0.2) is 0 Å².